The van der Waals surface area contributed by atoms with E-state index in [4.69, 9.17) is 9.47 Å². The van der Waals surface area contributed by atoms with Gasteiger partial charge in [0.2, 0.25) is 5.91 Å². The van der Waals surface area contributed by atoms with Crippen molar-refractivity contribution in [3.05, 3.63) is 56.0 Å². The summed E-state index contributed by atoms with van der Waals surface area (Å²) in [6.07, 6.45) is 0.0583. The Morgan fingerprint density at radius 3 is 2.39 bits per heavy atom. The second-order valence-electron chi connectivity index (χ2n) is 5.78. The summed E-state index contributed by atoms with van der Waals surface area (Å²) in [5.41, 5.74) is 0.814. The van der Waals surface area contributed by atoms with Gasteiger partial charge in [0, 0.05) is 28.7 Å². The van der Waals surface area contributed by atoms with Crippen LogP contribution >= 0.6 is 15.9 Å². The lowest BCUT2D eigenvalue weighted by Crippen LogP contribution is -2.24. The van der Waals surface area contributed by atoms with Crippen molar-refractivity contribution >= 4 is 27.5 Å². The molecule has 2 aromatic rings. The number of nitro groups is 1. The number of non-ortho nitro benzene ring substituents is 1. The van der Waals surface area contributed by atoms with E-state index in [0.29, 0.717) is 34.7 Å². The first-order valence-electron chi connectivity index (χ1n) is 8.66. The van der Waals surface area contributed by atoms with Crippen LogP contribution < -0.4 is 14.8 Å². The summed E-state index contributed by atoms with van der Waals surface area (Å²) >= 11 is 3.43. The Kier molecular flexibility index (Phi) is 7.62. The fourth-order valence-corrected chi connectivity index (χ4v) is 2.97. The number of phenolic OH excluding ortho intramolecular Hbond substituents is 1. The molecule has 1 amide bonds. The molecule has 0 heterocycles. The Labute approximate surface area is 170 Å². The van der Waals surface area contributed by atoms with E-state index in [1.54, 1.807) is 12.1 Å². The maximum absolute atomic E-state index is 12.3. The lowest BCUT2D eigenvalue weighted by atomic mass is 10.1. The number of benzene rings is 2. The largest absolute Gasteiger partial charge is 0.508 e. The molecule has 0 unspecified atom stereocenters. The van der Waals surface area contributed by atoms with Crippen LogP contribution in [0.4, 0.5) is 5.69 Å². The zero-order valence-electron chi connectivity index (χ0n) is 15.5. The Balaban J connectivity index is 2.10. The van der Waals surface area contributed by atoms with Crippen molar-refractivity contribution in [1.82, 2.24) is 5.32 Å². The zero-order chi connectivity index (χ0) is 20.7. The topological polar surface area (TPSA) is 111 Å². The molecule has 28 heavy (non-hydrogen) atoms. The number of nitro benzene ring substituents is 1. The third-order valence-corrected chi connectivity index (χ3v) is 4.55. The van der Waals surface area contributed by atoms with Crippen LogP contribution in [-0.4, -0.2) is 29.2 Å². The van der Waals surface area contributed by atoms with E-state index in [9.17, 15) is 20.0 Å². The van der Waals surface area contributed by atoms with Crippen molar-refractivity contribution in [3.63, 3.8) is 0 Å². The van der Waals surface area contributed by atoms with Gasteiger partial charge in [-0.15, -0.1) is 0 Å². The molecule has 0 aliphatic rings. The van der Waals surface area contributed by atoms with Gasteiger partial charge in [-0.05, 0) is 37.6 Å². The van der Waals surface area contributed by atoms with Gasteiger partial charge in [-0.25, -0.2) is 0 Å². The Morgan fingerprint density at radius 2 is 1.79 bits per heavy atom. The number of carbonyl (C=O) groups is 1. The van der Waals surface area contributed by atoms with Crippen molar-refractivity contribution in [1.29, 1.82) is 0 Å². The molecule has 0 spiro atoms. The average Bonchev–Trinajstić information content (AvgIpc) is 2.64. The highest BCUT2D eigenvalue weighted by molar-refractivity contribution is 9.10. The highest BCUT2D eigenvalue weighted by atomic mass is 79.9. The van der Waals surface area contributed by atoms with E-state index >= 15 is 0 Å². The van der Waals surface area contributed by atoms with Crippen LogP contribution in [0.2, 0.25) is 0 Å². The van der Waals surface area contributed by atoms with Crippen molar-refractivity contribution in [2.45, 2.75) is 26.8 Å². The molecule has 0 aliphatic carbocycles. The number of hydrogen-bond acceptors (Lipinski definition) is 6. The van der Waals surface area contributed by atoms with Crippen LogP contribution in [0.25, 0.3) is 0 Å². The molecule has 0 atom stereocenters. The molecule has 0 fully saturated rings. The summed E-state index contributed by atoms with van der Waals surface area (Å²) in [4.78, 5) is 22.6. The second kappa shape index (κ2) is 9.93. The standard InChI is InChI=1S/C19H21BrN2O6/c1-3-27-17-8-12(15(20)10-18(17)28-4-2)9-19(24)21-11-13-7-14(22(25)26)5-6-16(13)23/h5-8,10,23H,3-4,9,11H2,1-2H3,(H,21,24). The maximum atomic E-state index is 12.3. The first-order valence-corrected chi connectivity index (χ1v) is 9.46. The first kappa shape index (κ1) is 21.5. The van der Waals surface area contributed by atoms with Crippen molar-refractivity contribution in [2.75, 3.05) is 13.2 Å². The molecule has 0 aromatic heterocycles. The van der Waals surface area contributed by atoms with Crippen LogP contribution in [0.5, 0.6) is 17.2 Å². The molecule has 0 aliphatic heterocycles. The number of carbonyl (C=O) groups excluding carboxylic acids is 1. The van der Waals surface area contributed by atoms with Gasteiger partial charge in [-0.2, -0.15) is 0 Å². The number of amides is 1. The molecular weight excluding hydrogens is 432 g/mol. The lowest BCUT2D eigenvalue weighted by Gasteiger charge is -2.14. The number of nitrogens with one attached hydrogen (secondary N) is 1. The molecule has 9 heteroatoms. The molecular formula is C19H21BrN2O6. The summed E-state index contributed by atoms with van der Waals surface area (Å²) in [5.74, 6) is 0.707. The van der Waals surface area contributed by atoms with Crippen LogP contribution in [0, 0.1) is 10.1 Å². The van der Waals surface area contributed by atoms with E-state index in [1.807, 2.05) is 13.8 Å². The van der Waals surface area contributed by atoms with Crippen molar-refractivity contribution < 1.29 is 24.3 Å². The average molecular weight is 453 g/mol. The van der Waals surface area contributed by atoms with Gasteiger partial charge >= 0.3 is 0 Å². The normalized spacial score (nSPS) is 10.4. The second-order valence-corrected chi connectivity index (χ2v) is 6.63. The van der Waals surface area contributed by atoms with Gasteiger partial charge in [0.15, 0.2) is 11.5 Å². The summed E-state index contributed by atoms with van der Waals surface area (Å²) in [7, 11) is 0. The molecule has 0 saturated carbocycles. The Hall–Kier alpha value is -2.81. The maximum Gasteiger partial charge on any atom is 0.270 e. The third kappa shape index (κ3) is 5.59. The molecule has 0 bridgehead atoms. The number of ether oxygens (including phenoxy) is 2. The quantitative estimate of drug-likeness (QED) is 0.442. The predicted octanol–water partition coefficient (Wildman–Crippen LogP) is 3.72. The smallest absolute Gasteiger partial charge is 0.270 e. The van der Waals surface area contributed by atoms with Crippen LogP contribution in [0.3, 0.4) is 0 Å². The molecule has 150 valence electrons. The van der Waals surface area contributed by atoms with E-state index in [-0.39, 0.29) is 35.9 Å². The molecule has 8 nitrogen and oxygen atoms in total. The van der Waals surface area contributed by atoms with Gasteiger partial charge < -0.3 is 19.9 Å². The first-order chi connectivity index (χ1) is 13.3. The number of phenols is 1. The molecule has 0 saturated heterocycles. The molecule has 0 radical (unpaired) electrons. The highest BCUT2D eigenvalue weighted by Gasteiger charge is 2.15. The lowest BCUT2D eigenvalue weighted by molar-refractivity contribution is -0.384. The molecule has 2 aromatic carbocycles. The predicted molar refractivity (Wildman–Crippen MR) is 107 cm³/mol. The zero-order valence-corrected chi connectivity index (χ0v) is 17.1. The summed E-state index contributed by atoms with van der Waals surface area (Å²) in [5, 5.41) is 23.3. The number of hydrogen-bond donors (Lipinski definition) is 2. The minimum atomic E-state index is -0.558. The van der Waals surface area contributed by atoms with Crippen molar-refractivity contribution in [3.8, 4) is 17.2 Å². The minimum Gasteiger partial charge on any atom is -0.508 e. The van der Waals surface area contributed by atoms with Crippen LogP contribution in [0.1, 0.15) is 25.0 Å². The Morgan fingerprint density at radius 1 is 1.14 bits per heavy atom. The number of nitrogens with zero attached hydrogens (tertiary/aromatic N) is 1. The van der Waals surface area contributed by atoms with E-state index < -0.39 is 4.92 Å². The van der Waals surface area contributed by atoms with Gasteiger partial charge in [0.1, 0.15) is 5.75 Å². The molecule has 2 N–H and O–H groups in total. The van der Waals surface area contributed by atoms with Gasteiger partial charge in [0.05, 0.1) is 24.6 Å². The molecule has 2 rings (SSSR count). The van der Waals surface area contributed by atoms with Gasteiger partial charge in [0.25, 0.3) is 5.69 Å². The summed E-state index contributed by atoms with van der Waals surface area (Å²) in [6, 6.07) is 7.16. The fourth-order valence-electron chi connectivity index (χ4n) is 2.51. The highest BCUT2D eigenvalue weighted by Crippen LogP contribution is 2.34. The van der Waals surface area contributed by atoms with E-state index in [1.165, 1.54) is 18.2 Å². The number of aromatic hydroxyl groups is 1. The van der Waals surface area contributed by atoms with Crippen molar-refractivity contribution in [2.24, 2.45) is 0 Å². The van der Waals surface area contributed by atoms with E-state index in [0.717, 1.165) is 0 Å². The van der Waals surface area contributed by atoms with Crippen LogP contribution in [0.15, 0.2) is 34.8 Å². The van der Waals surface area contributed by atoms with Gasteiger partial charge in [-0.3, -0.25) is 14.9 Å². The number of rotatable bonds is 9. The summed E-state index contributed by atoms with van der Waals surface area (Å²) < 4.78 is 11.8. The Bertz CT molecular complexity index is 872. The van der Waals surface area contributed by atoms with Crippen LogP contribution in [-0.2, 0) is 17.8 Å². The van der Waals surface area contributed by atoms with Gasteiger partial charge in [-0.1, -0.05) is 15.9 Å². The minimum absolute atomic E-state index is 0.0285. The fraction of sp³-hybridized carbons (Fsp3) is 0.316. The summed E-state index contributed by atoms with van der Waals surface area (Å²) in [6.45, 7) is 4.64. The monoisotopic (exact) mass is 452 g/mol. The third-order valence-electron chi connectivity index (χ3n) is 3.81. The number of halogens is 1. The SMILES string of the molecule is CCOc1cc(Br)c(CC(=O)NCc2cc([N+](=O)[O-])ccc2O)cc1OCC. The van der Waals surface area contributed by atoms with E-state index in [2.05, 4.69) is 21.2 Å².